The molecule has 0 amide bonds. The van der Waals surface area contributed by atoms with Crippen LogP contribution < -0.4 is 4.74 Å². The molecule has 4 nitrogen and oxygen atoms in total. The molecule has 0 aliphatic carbocycles. The largest absolute Gasteiger partial charge is 0.508 e. The van der Waals surface area contributed by atoms with Crippen molar-refractivity contribution in [1.82, 2.24) is 4.90 Å². The van der Waals surface area contributed by atoms with Gasteiger partial charge in [-0.1, -0.05) is 24.3 Å². The van der Waals surface area contributed by atoms with Crippen LogP contribution in [-0.4, -0.2) is 42.0 Å². The molecule has 2 aliphatic heterocycles. The third-order valence-corrected chi connectivity index (χ3v) is 6.06. The molecule has 1 N–H and O–H groups in total. The van der Waals surface area contributed by atoms with Crippen molar-refractivity contribution in [1.29, 1.82) is 0 Å². The van der Waals surface area contributed by atoms with Crippen molar-refractivity contribution in [3.05, 3.63) is 53.6 Å². The van der Waals surface area contributed by atoms with Crippen LogP contribution in [0.25, 0.3) is 0 Å². The summed E-state index contributed by atoms with van der Waals surface area (Å²) in [5.74, 6) is 1.98. The quantitative estimate of drug-likeness (QED) is 0.770. The van der Waals surface area contributed by atoms with E-state index in [9.17, 15) is 5.11 Å². The number of phenols is 1. The van der Waals surface area contributed by atoms with E-state index in [1.165, 1.54) is 37.1 Å². The van der Waals surface area contributed by atoms with Crippen molar-refractivity contribution in [2.75, 3.05) is 32.0 Å². The molecule has 4 rings (SSSR count). The summed E-state index contributed by atoms with van der Waals surface area (Å²) in [6, 6.07) is 13.8. The van der Waals surface area contributed by atoms with Gasteiger partial charge in [0, 0.05) is 12.3 Å². The Labute approximate surface area is 159 Å². The summed E-state index contributed by atoms with van der Waals surface area (Å²) in [5, 5.41) is 9.57. The Hall–Kier alpha value is -1.69. The van der Waals surface area contributed by atoms with E-state index < -0.39 is 0 Å². The van der Waals surface area contributed by atoms with Crippen LogP contribution in [0.4, 0.5) is 0 Å². The molecular formula is C21H25NO3S. The van der Waals surface area contributed by atoms with Gasteiger partial charge >= 0.3 is 0 Å². The van der Waals surface area contributed by atoms with E-state index >= 15 is 0 Å². The number of hydrogen-bond donors (Lipinski definition) is 1. The van der Waals surface area contributed by atoms with Gasteiger partial charge in [-0.25, -0.2) is 0 Å². The summed E-state index contributed by atoms with van der Waals surface area (Å²) in [4.78, 5) is 3.47. The molecule has 0 unspecified atom stereocenters. The highest BCUT2D eigenvalue weighted by atomic mass is 32.2. The van der Waals surface area contributed by atoms with Gasteiger partial charge in [-0.15, -0.1) is 11.8 Å². The van der Waals surface area contributed by atoms with Crippen molar-refractivity contribution in [3.63, 3.8) is 0 Å². The molecule has 0 radical (unpaired) electrons. The minimum absolute atomic E-state index is 0.0437. The van der Waals surface area contributed by atoms with Gasteiger partial charge in [-0.05, 0) is 55.3 Å². The molecular weight excluding hydrogens is 346 g/mol. The van der Waals surface area contributed by atoms with E-state index in [1.54, 1.807) is 23.9 Å². The molecule has 2 aromatic carbocycles. The van der Waals surface area contributed by atoms with Gasteiger partial charge in [0.2, 0.25) is 0 Å². The summed E-state index contributed by atoms with van der Waals surface area (Å²) in [5.41, 5.74) is 2.38. The lowest BCUT2D eigenvalue weighted by molar-refractivity contribution is 0.0992. The van der Waals surface area contributed by atoms with Crippen LogP contribution in [0.15, 0.2) is 47.4 Å². The predicted molar refractivity (Wildman–Crippen MR) is 104 cm³/mol. The van der Waals surface area contributed by atoms with Crippen LogP contribution in [0.1, 0.15) is 30.1 Å². The van der Waals surface area contributed by atoms with E-state index in [1.807, 2.05) is 6.07 Å². The molecule has 138 valence electrons. The zero-order chi connectivity index (χ0) is 17.8. The third-order valence-electron chi connectivity index (χ3n) is 4.96. The average molecular weight is 372 g/mol. The highest BCUT2D eigenvalue weighted by Crippen LogP contribution is 2.41. The standard InChI is InChI=1S/C21H25NO3S/c23-18-7-8-19-21(13-18)26-15-20(25-19)17-5-3-16(4-6-17)14-24-12-11-22-9-1-2-10-22/h3-8,13,20,23H,1-2,9-12,14-15H2/t20-/m1/s1. The van der Waals surface area contributed by atoms with Gasteiger partial charge in [-0.3, -0.25) is 0 Å². The lowest BCUT2D eigenvalue weighted by Crippen LogP contribution is -2.23. The first-order chi connectivity index (χ1) is 12.8. The molecule has 0 aromatic heterocycles. The van der Waals surface area contributed by atoms with Crippen LogP contribution in [0.3, 0.4) is 0 Å². The van der Waals surface area contributed by atoms with Crippen LogP contribution in [0, 0.1) is 0 Å². The minimum atomic E-state index is 0.0437. The topological polar surface area (TPSA) is 41.9 Å². The second-order valence-corrected chi connectivity index (χ2v) is 7.95. The molecule has 0 spiro atoms. The van der Waals surface area contributed by atoms with Crippen LogP contribution in [-0.2, 0) is 11.3 Å². The fourth-order valence-corrected chi connectivity index (χ4v) is 4.50. The first-order valence-corrected chi connectivity index (χ1v) is 10.3. The van der Waals surface area contributed by atoms with Crippen LogP contribution >= 0.6 is 11.8 Å². The fraction of sp³-hybridized carbons (Fsp3) is 0.429. The van der Waals surface area contributed by atoms with Crippen molar-refractivity contribution in [2.45, 2.75) is 30.4 Å². The van der Waals surface area contributed by atoms with E-state index in [4.69, 9.17) is 9.47 Å². The van der Waals surface area contributed by atoms with Gasteiger partial charge < -0.3 is 19.5 Å². The average Bonchev–Trinajstić information content (AvgIpc) is 3.19. The first kappa shape index (κ1) is 17.7. The van der Waals surface area contributed by atoms with Gasteiger partial charge in [0.15, 0.2) is 0 Å². The maximum absolute atomic E-state index is 9.57. The first-order valence-electron chi connectivity index (χ1n) is 9.29. The molecule has 1 saturated heterocycles. The Morgan fingerprint density at radius 1 is 1.12 bits per heavy atom. The number of nitrogens with zero attached hydrogens (tertiary/aromatic N) is 1. The van der Waals surface area contributed by atoms with Crippen molar-refractivity contribution < 1.29 is 14.6 Å². The zero-order valence-electron chi connectivity index (χ0n) is 14.9. The third kappa shape index (κ3) is 4.34. The summed E-state index contributed by atoms with van der Waals surface area (Å²) in [7, 11) is 0. The molecule has 2 aliphatic rings. The highest BCUT2D eigenvalue weighted by molar-refractivity contribution is 7.99. The zero-order valence-corrected chi connectivity index (χ0v) is 15.7. The number of phenolic OH excluding ortho intramolecular Hbond substituents is 1. The Morgan fingerprint density at radius 2 is 1.92 bits per heavy atom. The van der Waals surface area contributed by atoms with E-state index in [0.717, 1.165) is 29.5 Å². The smallest absolute Gasteiger partial charge is 0.134 e. The fourth-order valence-electron chi connectivity index (χ4n) is 3.44. The second kappa shape index (κ2) is 8.33. The maximum atomic E-state index is 9.57. The number of fused-ring (bicyclic) bond motifs is 1. The van der Waals surface area contributed by atoms with Crippen LogP contribution in [0.5, 0.6) is 11.5 Å². The van der Waals surface area contributed by atoms with Crippen LogP contribution in [0.2, 0.25) is 0 Å². The Balaban J connectivity index is 1.28. The number of rotatable bonds is 6. The van der Waals surface area contributed by atoms with Gasteiger partial charge in [-0.2, -0.15) is 0 Å². The SMILES string of the molecule is Oc1ccc2c(c1)SC[C@H](c1ccc(COCCN3CCCC3)cc1)O2. The maximum Gasteiger partial charge on any atom is 0.134 e. The van der Waals surface area contributed by atoms with Crippen molar-refractivity contribution in [2.24, 2.45) is 0 Å². The van der Waals surface area contributed by atoms with Gasteiger partial charge in [0.25, 0.3) is 0 Å². The molecule has 2 heterocycles. The number of hydrogen-bond acceptors (Lipinski definition) is 5. The normalized spacial score (nSPS) is 19.9. The summed E-state index contributed by atoms with van der Waals surface area (Å²) in [6.07, 6.45) is 2.70. The summed E-state index contributed by atoms with van der Waals surface area (Å²) in [6.45, 7) is 4.95. The summed E-state index contributed by atoms with van der Waals surface area (Å²) >= 11 is 1.72. The predicted octanol–water partition coefficient (Wildman–Crippen LogP) is 4.23. The molecule has 0 bridgehead atoms. The molecule has 2 aromatic rings. The van der Waals surface area contributed by atoms with Crippen molar-refractivity contribution in [3.8, 4) is 11.5 Å². The number of thioether (sulfide) groups is 1. The molecule has 26 heavy (non-hydrogen) atoms. The monoisotopic (exact) mass is 371 g/mol. The lowest BCUT2D eigenvalue weighted by Gasteiger charge is -2.26. The summed E-state index contributed by atoms with van der Waals surface area (Å²) < 4.78 is 11.9. The molecule has 0 saturated carbocycles. The lowest BCUT2D eigenvalue weighted by atomic mass is 10.1. The Bertz CT molecular complexity index is 729. The molecule has 1 atom stereocenters. The minimum Gasteiger partial charge on any atom is -0.508 e. The van der Waals surface area contributed by atoms with E-state index in [-0.39, 0.29) is 11.9 Å². The van der Waals surface area contributed by atoms with Crippen molar-refractivity contribution >= 4 is 11.8 Å². The van der Waals surface area contributed by atoms with Gasteiger partial charge in [0.05, 0.1) is 18.1 Å². The van der Waals surface area contributed by atoms with E-state index in [0.29, 0.717) is 6.61 Å². The Morgan fingerprint density at radius 3 is 2.73 bits per heavy atom. The molecule has 1 fully saturated rings. The number of benzene rings is 2. The number of ether oxygens (including phenoxy) is 2. The Kier molecular flexibility index (Phi) is 5.68. The molecule has 5 heteroatoms. The second-order valence-electron chi connectivity index (χ2n) is 6.89. The number of aromatic hydroxyl groups is 1. The highest BCUT2D eigenvalue weighted by Gasteiger charge is 2.22. The van der Waals surface area contributed by atoms with E-state index in [2.05, 4.69) is 29.2 Å². The van der Waals surface area contributed by atoms with Gasteiger partial charge in [0.1, 0.15) is 17.6 Å². The number of likely N-dealkylation sites (tertiary alicyclic amines) is 1.